The Bertz CT molecular complexity index is 727. The standard InChI is InChI=1S/C19H17ISi/c1-21(2,3)15-14-18-8-6-16(7-9-18)4-5-17-10-12-19(20)13-11-17/h6-13H,1-3H3. The van der Waals surface area contributed by atoms with Gasteiger partial charge in [-0.1, -0.05) is 37.4 Å². The van der Waals surface area contributed by atoms with Gasteiger partial charge in [0.25, 0.3) is 0 Å². The third kappa shape index (κ3) is 5.79. The first-order valence-corrected chi connectivity index (χ1v) is 11.4. The Hall–Kier alpha value is -1.49. The average Bonchev–Trinajstić information content (AvgIpc) is 2.45. The Balaban J connectivity index is 2.13. The molecule has 0 radical (unpaired) electrons. The van der Waals surface area contributed by atoms with E-state index in [2.05, 4.69) is 77.7 Å². The van der Waals surface area contributed by atoms with Crippen LogP contribution in [0.5, 0.6) is 0 Å². The Labute approximate surface area is 142 Å². The first kappa shape index (κ1) is 15.9. The minimum atomic E-state index is -1.31. The summed E-state index contributed by atoms with van der Waals surface area (Å²) < 4.78 is 1.23. The van der Waals surface area contributed by atoms with Gasteiger partial charge in [0.05, 0.1) is 0 Å². The Kier molecular flexibility index (Phi) is 5.28. The highest BCUT2D eigenvalue weighted by atomic mass is 127. The zero-order valence-corrected chi connectivity index (χ0v) is 15.7. The van der Waals surface area contributed by atoms with Crippen LogP contribution in [0.3, 0.4) is 0 Å². The first-order valence-electron chi connectivity index (χ1n) is 6.83. The predicted octanol–water partition coefficient (Wildman–Crippen LogP) is 4.92. The highest BCUT2D eigenvalue weighted by molar-refractivity contribution is 14.1. The van der Waals surface area contributed by atoms with Crippen molar-refractivity contribution in [2.24, 2.45) is 0 Å². The van der Waals surface area contributed by atoms with E-state index < -0.39 is 8.07 Å². The largest absolute Gasteiger partial charge is 0.129 e. The molecule has 2 aromatic carbocycles. The van der Waals surface area contributed by atoms with Gasteiger partial charge in [-0.05, 0) is 71.1 Å². The maximum Gasteiger partial charge on any atom is 0.129 e. The van der Waals surface area contributed by atoms with E-state index in [0.717, 1.165) is 16.7 Å². The topological polar surface area (TPSA) is 0 Å². The van der Waals surface area contributed by atoms with Crippen LogP contribution in [0.15, 0.2) is 48.5 Å². The van der Waals surface area contributed by atoms with E-state index in [0.29, 0.717) is 0 Å². The van der Waals surface area contributed by atoms with Crippen LogP contribution in [-0.2, 0) is 0 Å². The average molecular weight is 400 g/mol. The molecular weight excluding hydrogens is 383 g/mol. The fourth-order valence-electron chi connectivity index (χ4n) is 1.57. The van der Waals surface area contributed by atoms with E-state index in [9.17, 15) is 0 Å². The van der Waals surface area contributed by atoms with Crippen molar-refractivity contribution < 1.29 is 0 Å². The van der Waals surface area contributed by atoms with Gasteiger partial charge in [0.2, 0.25) is 0 Å². The summed E-state index contributed by atoms with van der Waals surface area (Å²) in [5.74, 6) is 9.62. The number of hydrogen-bond acceptors (Lipinski definition) is 0. The van der Waals surface area contributed by atoms with Crippen molar-refractivity contribution in [1.29, 1.82) is 0 Å². The highest BCUT2D eigenvalue weighted by Crippen LogP contribution is 2.07. The Morgan fingerprint density at radius 1 is 0.667 bits per heavy atom. The SMILES string of the molecule is C[Si](C)(C)C#Cc1ccc(C#Cc2ccc(I)cc2)cc1. The summed E-state index contributed by atoms with van der Waals surface area (Å²) in [7, 11) is -1.31. The van der Waals surface area contributed by atoms with Crippen molar-refractivity contribution >= 4 is 30.7 Å². The van der Waals surface area contributed by atoms with Gasteiger partial charge in [0, 0.05) is 20.3 Å². The van der Waals surface area contributed by atoms with Crippen molar-refractivity contribution in [3.63, 3.8) is 0 Å². The quantitative estimate of drug-likeness (QED) is 0.335. The van der Waals surface area contributed by atoms with E-state index >= 15 is 0 Å². The molecule has 0 nitrogen and oxygen atoms in total. The van der Waals surface area contributed by atoms with Crippen LogP contribution >= 0.6 is 22.6 Å². The summed E-state index contributed by atoms with van der Waals surface area (Å²) in [6, 6.07) is 16.4. The number of halogens is 1. The van der Waals surface area contributed by atoms with Crippen LogP contribution in [0.2, 0.25) is 19.6 Å². The maximum atomic E-state index is 3.37. The lowest BCUT2D eigenvalue weighted by molar-refractivity contribution is 1.58. The third-order valence-electron chi connectivity index (χ3n) is 2.66. The van der Waals surface area contributed by atoms with E-state index in [-0.39, 0.29) is 0 Å². The lowest BCUT2D eigenvalue weighted by atomic mass is 10.1. The molecule has 0 amide bonds. The van der Waals surface area contributed by atoms with Crippen molar-refractivity contribution in [2.45, 2.75) is 19.6 Å². The van der Waals surface area contributed by atoms with E-state index in [4.69, 9.17) is 0 Å². The van der Waals surface area contributed by atoms with E-state index in [1.165, 1.54) is 3.57 Å². The molecule has 0 heterocycles. The molecule has 0 N–H and O–H groups in total. The zero-order chi connectivity index (χ0) is 15.3. The van der Waals surface area contributed by atoms with Gasteiger partial charge in [-0.3, -0.25) is 0 Å². The van der Waals surface area contributed by atoms with Crippen LogP contribution in [0.25, 0.3) is 0 Å². The van der Waals surface area contributed by atoms with Crippen LogP contribution < -0.4 is 0 Å². The minimum absolute atomic E-state index is 1.02. The molecule has 0 fully saturated rings. The summed E-state index contributed by atoms with van der Waals surface area (Å²) in [4.78, 5) is 0. The number of hydrogen-bond donors (Lipinski definition) is 0. The molecule has 2 rings (SSSR count). The molecule has 0 aliphatic heterocycles. The molecule has 2 aromatic rings. The second-order valence-corrected chi connectivity index (χ2v) is 11.8. The fourth-order valence-corrected chi connectivity index (χ4v) is 2.45. The summed E-state index contributed by atoms with van der Waals surface area (Å²) in [6.07, 6.45) is 0. The van der Waals surface area contributed by atoms with Gasteiger partial charge in [-0.2, -0.15) is 0 Å². The molecule has 21 heavy (non-hydrogen) atoms. The molecule has 0 saturated carbocycles. The molecule has 0 saturated heterocycles. The number of benzene rings is 2. The Morgan fingerprint density at radius 3 is 1.48 bits per heavy atom. The van der Waals surface area contributed by atoms with Crippen molar-refractivity contribution in [3.05, 3.63) is 68.8 Å². The van der Waals surface area contributed by atoms with Crippen LogP contribution in [0, 0.1) is 26.9 Å². The fraction of sp³-hybridized carbons (Fsp3) is 0.158. The molecule has 0 aliphatic carbocycles. The van der Waals surface area contributed by atoms with Gasteiger partial charge >= 0.3 is 0 Å². The molecule has 0 bridgehead atoms. The smallest absolute Gasteiger partial charge is 0.127 e. The maximum absolute atomic E-state index is 3.37. The van der Waals surface area contributed by atoms with Gasteiger partial charge in [0.15, 0.2) is 0 Å². The molecule has 0 aromatic heterocycles. The summed E-state index contributed by atoms with van der Waals surface area (Å²) in [5, 5.41) is 0. The van der Waals surface area contributed by atoms with Crippen LogP contribution in [0.4, 0.5) is 0 Å². The molecular formula is C19H17ISi. The van der Waals surface area contributed by atoms with E-state index in [1.807, 2.05) is 36.4 Å². The molecule has 0 aliphatic rings. The highest BCUT2D eigenvalue weighted by Gasteiger charge is 2.07. The van der Waals surface area contributed by atoms with E-state index in [1.54, 1.807) is 0 Å². The van der Waals surface area contributed by atoms with Crippen molar-refractivity contribution in [2.75, 3.05) is 0 Å². The second-order valence-electron chi connectivity index (χ2n) is 5.83. The molecule has 0 atom stereocenters. The summed E-state index contributed by atoms with van der Waals surface area (Å²) in [5.41, 5.74) is 6.50. The number of rotatable bonds is 0. The van der Waals surface area contributed by atoms with Crippen LogP contribution in [0.1, 0.15) is 16.7 Å². The summed E-state index contributed by atoms with van der Waals surface area (Å²) in [6.45, 7) is 6.75. The van der Waals surface area contributed by atoms with Gasteiger partial charge < -0.3 is 0 Å². The van der Waals surface area contributed by atoms with Gasteiger partial charge in [-0.25, -0.2) is 0 Å². The minimum Gasteiger partial charge on any atom is -0.127 e. The Morgan fingerprint density at radius 2 is 1.05 bits per heavy atom. The molecule has 0 unspecified atom stereocenters. The normalized spacial score (nSPS) is 10.1. The summed E-state index contributed by atoms with van der Waals surface area (Å²) >= 11 is 2.30. The second kappa shape index (κ2) is 6.98. The molecule has 0 spiro atoms. The zero-order valence-electron chi connectivity index (χ0n) is 12.5. The van der Waals surface area contributed by atoms with Crippen molar-refractivity contribution in [1.82, 2.24) is 0 Å². The molecule has 2 heteroatoms. The third-order valence-corrected chi connectivity index (χ3v) is 4.26. The monoisotopic (exact) mass is 400 g/mol. The first-order chi connectivity index (χ1) is 9.92. The van der Waals surface area contributed by atoms with Gasteiger partial charge in [0.1, 0.15) is 8.07 Å². The van der Waals surface area contributed by atoms with Crippen molar-refractivity contribution in [3.8, 4) is 23.3 Å². The van der Waals surface area contributed by atoms with Crippen LogP contribution in [-0.4, -0.2) is 8.07 Å². The molecule has 104 valence electrons. The lowest BCUT2D eigenvalue weighted by Gasteiger charge is -2.03. The van der Waals surface area contributed by atoms with Gasteiger partial charge in [-0.15, -0.1) is 5.54 Å². The lowest BCUT2D eigenvalue weighted by Crippen LogP contribution is -2.16. The predicted molar refractivity (Wildman–Crippen MR) is 102 cm³/mol.